The third kappa shape index (κ3) is 5.64. The molecular weight excluding hydrogens is 503 g/mol. The number of carbonyl (C=O) groups is 2. The zero-order valence-electron chi connectivity index (χ0n) is 21.5. The lowest BCUT2D eigenvalue weighted by atomic mass is 9.95. The van der Waals surface area contributed by atoms with E-state index in [1.807, 2.05) is 30.3 Å². The molecule has 9 heteroatoms. The van der Waals surface area contributed by atoms with Crippen LogP contribution in [0.3, 0.4) is 0 Å². The summed E-state index contributed by atoms with van der Waals surface area (Å²) in [6, 6.07) is 19.3. The highest BCUT2D eigenvalue weighted by atomic mass is 19.1. The number of aliphatic hydroxyl groups is 1. The first-order chi connectivity index (χ1) is 19.0. The molecule has 0 aromatic heterocycles. The summed E-state index contributed by atoms with van der Waals surface area (Å²) in [5.74, 6) is -1.57. The Labute approximate surface area is 225 Å². The maximum absolute atomic E-state index is 14.5. The maximum atomic E-state index is 14.5. The molecule has 2 saturated heterocycles. The predicted molar refractivity (Wildman–Crippen MR) is 142 cm³/mol. The highest BCUT2D eigenvalue weighted by Gasteiger charge is 2.46. The van der Waals surface area contributed by atoms with Crippen LogP contribution >= 0.6 is 0 Å². The standard InChI is InChI=1S/C30H29FN2O6/c1-37-25-11-10-21(19-24(25)31)28(34)26-27(20-6-5-9-23(18-20)39-22-7-3-2-4-8-22)33(30(36)29(26)35)13-12-32-14-16-38-17-15-32/h2-11,18-19,27,34H,12-17H2,1H3/b28-26+. The Kier molecular flexibility index (Phi) is 7.90. The van der Waals surface area contributed by atoms with E-state index in [2.05, 4.69) is 4.90 Å². The van der Waals surface area contributed by atoms with Crippen molar-refractivity contribution >= 4 is 17.4 Å². The van der Waals surface area contributed by atoms with Crippen LogP contribution < -0.4 is 9.47 Å². The third-order valence-electron chi connectivity index (χ3n) is 6.88. The van der Waals surface area contributed by atoms with Crippen molar-refractivity contribution < 1.29 is 33.3 Å². The number of amides is 1. The number of aliphatic hydroxyl groups excluding tert-OH is 1. The van der Waals surface area contributed by atoms with Gasteiger partial charge in [-0.3, -0.25) is 14.5 Å². The van der Waals surface area contributed by atoms with Crippen molar-refractivity contribution in [2.24, 2.45) is 0 Å². The van der Waals surface area contributed by atoms with Crippen molar-refractivity contribution in [1.29, 1.82) is 0 Å². The lowest BCUT2D eigenvalue weighted by Gasteiger charge is -2.31. The van der Waals surface area contributed by atoms with Crippen LogP contribution in [0.4, 0.5) is 4.39 Å². The number of likely N-dealkylation sites (tertiary alicyclic amines) is 1. The van der Waals surface area contributed by atoms with Crippen LogP contribution in [0.25, 0.3) is 5.76 Å². The van der Waals surface area contributed by atoms with Gasteiger partial charge in [0.2, 0.25) is 0 Å². The Bertz CT molecular complexity index is 1390. The molecule has 8 nitrogen and oxygen atoms in total. The molecule has 5 rings (SSSR count). The van der Waals surface area contributed by atoms with E-state index < -0.39 is 29.3 Å². The van der Waals surface area contributed by atoms with Crippen LogP contribution in [0.15, 0.2) is 78.4 Å². The molecule has 202 valence electrons. The number of benzene rings is 3. The molecule has 2 aliphatic rings. The summed E-state index contributed by atoms with van der Waals surface area (Å²) < 4.78 is 30.9. The number of halogens is 1. The fraction of sp³-hybridized carbons (Fsp3) is 0.267. The SMILES string of the molecule is COc1ccc(/C(O)=C2\C(=O)C(=O)N(CCN3CCOCC3)C2c2cccc(Oc3ccccc3)c2)cc1F. The molecule has 0 saturated carbocycles. The number of carbonyl (C=O) groups excluding carboxylic acids is 2. The third-order valence-corrected chi connectivity index (χ3v) is 6.88. The molecule has 2 heterocycles. The van der Waals surface area contributed by atoms with Crippen molar-refractivity contribution in [2.75, 3.05) is 46.5 Å². The summed E-state index contributed by atoms with van der Waals surface area (Å²) in [4.78, 5) is 30.3. The van der Waals surface area contributed by atoms with Crippen molar-refractivity contribution in [1.82, 2.24) is 9.80 Å². The van der Waals surface area contributed by atoms with Crippen LogP contribution in [0.1, 0.15) is 17.2 Å². The Morgan fingerprint density at radius 2 is 1.72 bits per heavy atom. The van der Waals surface area contributed by atoms with Crippen LogP contribution in [0.2, 0.25) is 0 Å². The monoisotopic (exact) mass is 532 g/mol. The Morgan fingerprint density at radius 3 is 2.44 bits per heavy atom. The van der Waals surface area contributed by atoms with Gasteiger partial charge in [-0.15, -0.1) is 0 Å². The summed E-state index contributed by atoms with van der Waals surface area (Å²) in [5, 5.41) is 11.3. The molecule has 1 unspecified atom stereocenters. The first-order valence-corrected chi connectivity index (χ1v) is 12.7. The Morgan fingerprint density at radius 1 is 0.974 bits per heavy atom. The quantitative estimate of drug-likeness (QED) is 0.262. The molecule has 1 atom stereocenters. The number of ketones is 1. The fourth-order valence-electron chi connectivity index (χ4n) is 4.87. The minimum absolute atomic E-state index is 0.000163. The van der Waals surface area contributed by atoms with Gasteiger partial charge >= 0.3 is 0 Å². The Balaban J connectivity index is 1.55. The smallest absolute Gasteiger partial charge is 0.295 e. The van der Waals surface area contributed by atoms with Crippen molar-refractivity contribution in [3.63, 3.8) is 0 Å². The fourth-order valence-corrected chi connectivity index (χ4v) is 4.87. The molecule has 2 aliphatic heterocycles. The van der Waals surface area contributed by atoms with E-state index in [-0.39, 0.29) is 23.4 Å². The van der Waals surface area contributed by atoms with Gasteiger partial charge in [-0.2, -0.15) is 0 Å². The molecule has 0 aliphatic carbocycles. The normalized spacial score (nSPS) is 19.3. The first-order valence-electron chi connectivity index (χ1n) is 12.7. The van der Waals surface area contributed by atoms with E-state index in [0.29, 0.717) is 36.8 Å². The van der Waals surface area contributed by atoms with E-state index >= 15 is 0 Å². The van der Waals surface area contributed by atoms with E-state index in [4.69, 9.17) is 14.2 Å². The lowest BCUT2D eigenvalue weighted by molar-refractivity contribution is -0.140. The van der Waals surface area contributed by atoms with Crippen LogP contribution in [0.5, 0.6) is 17.2 Å². The number of nitrogens with zero attached hydrogens (tertiary/aromatic N) is 2. The van der Waals surface area contributed by atoms with E-state index in [9.17, 15) is 19.1 Å². The second-order valence-corrected chi connectivity index (χ2v) is 9.28. The molecule has 0 radical (unpaired) electrons. The molecule has 0 bridgehead atoms. The number of rotatable bonds is 8. The van der Waals surface area contributed by atoms with E-state index in [0.717, 1.165) is 19.2 Å². The number of morpholine rings is 1. The summed E-state index contributed by atoms with van der Waals surface area (Å²) in [6.07, 6.45) is 0. The Hall–Kier alpha value is -4.21. The van der Waals surface area contributed by atoms with Crippen molar-refractivity contribution in [3.8, 4) is 17.2 Å². The van der Waals surface area contributed by atoms with Gasteiger partial charge in [0.25, 0.3) is 11.7 Å². The summed E-state index contributed by atoms with van der Waals surface area (Å²) >= 11 is 0. The number of ether oxygens (including phenoxy) is 3. The van der Waals surface area contributed by atoms with Crippen molar-refractivity contribution in [2.45, 2.75) is 6.04 Å². The molecule has 0 spiro atoms. The predicted octanol–water partition coefficient (Wildman–Crippen LogP) is 4.38. The van der Waals surface area contributed by atoms with E-state index in [1.54, 1.807) is 24.3 Å². The zero-order chi connectivity index (χ0) is 27.4. The van der Waals surface area contributed by atoms with Gasteiger partial charge in [-0.05, 0) is 48.0 Å². The largest absolute Gasteiger partial charge is 0.507 e. The molecule has 3 aromatic rings. The number of para-hydroxylation sites is 1. The summed E-state index contributed by atoms with van der Waals surface area (Å²) in [7, 11) is 1.34. The second kappa shape index (κ2) is 11.7. The van der Waals surface area contributed by atoms with Crippen molar-refractivity contribution in [3.05, 3.63) is 95.3 Å². The van der Waals surface area contributed by atoms with Gasteiger partial charge < -0.3 is 24.2 Å². The number of hydrogen-bond acceptors (Lipinski definition) is 7. The number of methoxy groups -OCH3 is 1. The summed E-state index contributed by atoms with van der Waals surface area (Å²) in [6.45, 7) is 3.44. The average Bonchev–Trinajstić information content (AvgIpc) is 3.22. The van der Waals surface area contributed by atoms with E-state index in [1.165, 1.54) is 24.1 Å². The van der Waals surface area contributed by atoms with Gasteiger partial charge in [0.15, 0.2) is 11.6 Å². The van der Waals surface area contributed by atoms with Crippen LogP contribution in [-0.4, -0.2) is 73.1 Å². The highest BCUT2D eigenvalue weighted by Crippen LogP contribution is 2.41. The molecule has 3 aromatic carbocycles. The minimum atomic E-state index is -0.893. The summed E-state index contributed by atoms with van der Waals surface area (Å²) in [5.41, 5.74) is 0.546. The van der Waals surface area contributed by atoms with Gasteiger partial charge in [0.05, 0.1) is 31.9 Å². The van der Waals surface area contributed by atoms with Crippen LogP contribution in [-0.2, 0) is 14.3 Å². The second-order valence-electron chi connectivity index (χ2n) is 9.28. The average molecular weight is 533 g/mol. The minimum Gasteiger partial charge on any atom is -0.507 e. The van der Waals surface area contributed by atoms with Gasteiger partial charge in [0.1, 0.15) is 17.3 Å². The first kappa shape index (κ1) is 26.4. The molecule has 1 N–H and O–H groups in total. The molecule has 2 fully saturated rings. The lowest BCUT2D eigenvalue weighted by Crippen LogP contribution is -2.42. The molecular formula is C30H29FN2O6. The highest BCUT2D eigenvalue weighted by molar-refractivity contribution is 6.46. The number of hydrogen-bond donors (Lipinski definition) is 1. The van der Waals surface area contributed by atoms with Gasteiger partial charge in [-0.25, -0.2) is 4.39 Å². The molecule has 1 amide bonds. The maximum Gasteiger partial charge on any atom is 0.295 e. The topological polar surface area (TPSA) is 88.5 Å². The molecule has 39 heavy (non-hydrogen) atoms. The van der Waals surface area contributed by atoms with Crippen LogP contribution in [0, 0.1) is 5.82 Å². The number of Topliss-reactive ketones (excluding diaryl/α,β-unsaturated/α-hetero) is 1. The zero-order valence-corrected chi connectivity index (χ0v) is 21.5. The van der Waals surface area contributed by atoms with Gasteiger partial charge in [-0.1, -0.05) is 30.3 Å². The van der Waals surface area contributed by atoms with Gasteiger partial charge in [0, 0.05) is 31.7 Å².